The van der Waals surface area contributed by atoms with Gasteiger partial charge in [0.2, 0.25) is 0 Å². The van der Waals surface area contributed by atoms with Gasteiger partial charge in [0.1, 0.15) is 0 Å². The number of imidazole rings is 1. The number of aryl methyl sites for hydroxylation is 1. The molecule has 0 aliphatic rings. The quantitative estimate of drug-likeness (QED) is 0.497. The van der Waals surface area contributed by atoms with Crippen molar-refractivity contribution in [1.29, 1.82) is 0 Å². The van der Waals surface area contributed by atoms with Crippen LogP contribution in [0.15, 0.2) is 42.7 Å². The highest BCUT2D eigenvalue weighted by molar-refractivity contribution is 6.31. The van der Waals surface area contributed by atoms with Crippen molar-refractivity contribution in [2.75, 3.05) is 0 Å². The highest BCUT2D eigenvalue weighted by Gasteiger charge is 2.08. The Bertz CT molecular complexity index is 972. The lowest BCUT2D eigenvalue weighted by atomic mass is 10.1. The van der Waals surface area contributed by atoms with Crippen molar-refractivity contribution in [1.82, 2.24) is 14.5 Å². The molecule has 21 heavy (non-hydrogen) atoms. The Morgan fingerprint density at radius 1 is 1.10 bits per heavy atom. The van der Waals surface area contributed by atoms with Crippen LogP contribution in [0.2, 0.25) is 5.02 Å². The number of pyridine rings is 1. The number of aromatic nitrogens is 3. The van der Waals surface area contributed by atoms with Crippen LogP contribution in [-0.2, 0) is 6.54 Å². The van der Waals surface area contributed by atoms with Crippen molar-refractivity contribution in [3.8, 4) is 0 Å². The molecule has 4 aromatic rings. The maximum absolute atomic E-state index is 6.05. The van der Waals surface area contributed by atoms with Gasteiger partial charge in [0.25, 0.3) is 0 Å². The average Bonchev–Trinajstić information content (AvgIpc) is 2.89. The molecule has 0 N–H and O–H groups in total. The highest BCUT2D eigenvalue weighted by Crippen LogP contribution is 2.27. The highest BCUT2D eigenvalue weighted by atomic mass is 35.5. The van der Waals surface area contributed by atoms with E-state index in [-0.39, 0.29) is 0 Å². The van der Waals surface area contributed by atoms with Crippen LogP contribution in [0.4, 0.5) is 0 Å². The number of fused-ring (bicyclic) bond motifs is 4. The summed E-state index contributed by atoms with van der Waals surface area (Å²) in [6, 6.07) is 12.1. The Morgan fingerprint density at radius 2 is 2.00 bits per heavy atom. The molecule has 0 atom stereocenters. The molecule has 0 bridgehead atoms. The van der Waals surface area contributed by atoms with Crippen LogP contribution in [0.3, 0.4) is 0 Å². The first-order valence-electron chi connectivity index (χ1n) is 7.10. The van der Waals surface area contributed by atoms with E-state index >= 15 is 0 Å². The standard InChI is InChI=1S/C17H14ClN3/c1-2-7-21-10-19-17-13-8-11-3-4-12(18)9-15(11)20-14(13)5-6-16(17)21/h3-6,8-10H,2,7H2,1H3. The minimum Gasteiger partial charge on any atom is -0.331 e. The fourth-order valence-corrected chi connectivity index (χ4v) is 2.99. The summed E-state index contributed by atoms with van der Waals surface area (Å²) in [5, 5.41) is 2.89. The van der Waals surface area contributed by atoms with Crippen molar-refractivity contribution in [3.63, 3.8) is 0 Å². The molecule has 104 valence electrons. The fourth-order valence-electron chi connectivity index (χ4n) is 2.82. The molecule has 2 heterocycles. The second-order valence-corrected chi connectivity index (χ2v) is 5.70. The summed E-state index contributed by atoms with van der Waals surface area (Å²) in [4.78, 5) is 9.30. The van der Waals surface area contributed by atoms with E-state index in [1.807, 2.05) is 24.5 Å². The molecule has 4 heteroatoms. The van der Waals surface area contributed by atoms with E-state index in [2.05, 4.69) is 34.7 Å². The van der Waals surface area contributed by atoms with E-state index in [0.717, 1.165) is 40.3 Å². The van der Waals surface area contributed by atoms with Gasteiger partial charge in [-0.25, -0.2) is 9.97 Å². The first kappa shape index (κ1) is 12.6. The molecule has 0 aliphatic heterocycles. The zero-order chi connectivity index (χ0) is 14.4. The van der Waals surface area contributed by atoms with Crippen LogP contribution >= 0.6 is 11.6 Å². The molecule has 0 spiro atoms. The smallest absolute Gasteiger partial charge is 0.0978 e. The molecular formula is C17H14ClN3. The van der Waals surface area contributed by atoms with Crippen molar-refractivity contribution < 1.29 is 0 Å². The van der Waals surface area contributed by atoms with Crippen molar-refractivity contribution in [3.05, 3.63) is 47.7 Å². The van der Waals surface area contributed by atoms with E-state index in [0.29, 0.717) is 5.02 Å². The summed E-state index contributed by atoms with van der Waals surface area (Å²) in [6.07, 6.45) is 3.01. The van der Waals surface area contributed by atoms with Crippen molar-refractivity contribution in [2.24, 2.45) is 0 Å². The predicted molar refractivity (Wildman–Crippen MR) is 87.8 cm³/mol. The van der Waals surface area contributed by atoms with Gasteiger partial charge in [0, 0.05) is 22.3 Å². The van der Waals surface area contributed by atoms with Gasteiger partial charge in [0.15, 0.2) is 0 Å². The van der Waals surface area contributed by atoms with Crippen LogP contribution < -0.4 is 0 Å². The molecule has 0 aliphatic carbocycles. The first-order valence-corrected chi connectivity index (χ1v) is 7.48. The summed E-state index contributed by atoms with van der Waals surface area (Å²) >= 11 is 6.05. The third-order valence-electron chi connectivity index (χ3n) is 3.81. The minimum absolute atomic E-state index is 0.711. The Balaban J connectivity index is 2.07. The topological polar surface area (TPSA) is 30.7 Å². The minimum atomic E-state index is 0.711. The van der Waals surface area contributed by atoms with Crippen molar-refractivity contribution >= 4 is 44.4 Å². The summed E-state index contributed by atoms with van der Waals surface area (Å²) in [5.74, 6) is 0. The predicted octanol–water partition coefficient (Wildman–Crippen LogP) is 4.80. The fraction of sp³-hybridized carbons (Fsp3) is 0.176. The van der Waals surface area contributed by atoms with E-state index in [1.165, 1.54) is 5.52 Å². The first-order chi connectivity index (χ1) is 10.3. The summed E-state index contributed by atoms with van der Waals surface area (Å²) < 4.78 is 2.20. The molecule has 0 amide bonds. The van der Waals surface area contributed by atoms with Gasteiger partial charge in [-0.05, 0) is 36.8 Å². The second-order valence-electron chi connectivity index (χ2n) is 5.26. The number of rotatable bonds is 2. The Hall–Kier alpha value is -2.13. The maximum Gasteiger partial charge on any atom is 0.0978 e. The van der Waals surface area contributed by atoms with Crippen LogP contribution in [0.5, 0.6) is 0 Å². The number of nitrogens with zero attached hydrogens (tertiary/aromatic N) is 3. The molecule has 0 unspecified atom stereocenters. The second kappa shape index (κ2) is 4.71. The van der Waals surface area contributed by atoms with Gasteiger partial charge < -0.3 is 4.57 Å². The Morgan fingerprint density at radius 3 is 2.86 bits per heavy atom. The Kier molecular flexibility index (Phi) is 2.82. The van der Waals surface area contributed by atoms with E-state index < -0.39 is 0 Å². The molecule has 0 saturated carbocycles. The maximum atomic E-state index is 6.05. The number of hydrogen-bond donors (Lipinski definition) is 0. The average molecular weight is 296 g/mol. The lowest BCUT2D eigenvalue weighted by molar-refractivity contribution is 0.697. The van der Waals surface area contributed by atoms with Crippen LogP contribution in [0.1, 0.15) is 13.3 Å². The largest absolute Gasteiger partial charge is 0.331 e. The molecule has 0 radical (unpaired) electrons. The molecule has 4 rings (SSSR count). The molecule has 2 aromatic carbocycles. The van der Waals surface area contributed by atoms with Crippen molar-refractivity contribution in [2.45, 2.75) is 19.9 Å². The molecular weight excluding hydrogens is 282 g/mol. The third-order valence-corrected chi connectivity index (χ3v) is 4.04. The lowest BCUT2D eigenvalue weighted by Gasteiger charge is -2.05. The van der Waals surface area contributed by atoms with Gasteiger partial charge in [-0.3, -0.25) is 0 Å². The molecule has 0 saturated heterocycles. The van der Waals surface area contributed by atoms with Gasteiger partial charge in [-0.15, -0.1) is 0 Å². The summed E-state index contributed by atoms with van der Waals surface area (Å²) in [5.41, 5.74) is 4.06. The monoisotopic (exact) mass is 295 g/mol. The van der Waals surface area contributed by atoms with Crippen LogP contribution in [0.25, 0.3) is 32.8 Å². The summed E-state index contributed by atoms with van der Waals surface area (Å²) in [6.45, 7) is 3.16. The van der Waals surface area contributed by atoms with Crippen LogP contribution in [0, 0.1) is 0 Å². The SMILES string of the molecule is CCCn1cnc2c3cc4ccc(Cl)cc4nc3ccc21. The van der Waals surface area contributed by atoms with E-state index in [4.69, 9.17) is 16.6 Å². The van der Waals surface area contributed by atoms with Crippen LogP contribution in [-0.4, -0.2) is 14.5 Å². The third kappa shape index (κ3) is 1.96. The zero-order valence-corrected chi connectivity index (χ0v) is 12.4. The van der Waals surface area contributed by atoms with E-state index in [1.54, 1.807) is 0 Å². The number of halogens is 1. The van der Waals surface area contributed by atoms with Gasteiger partial charge in [0.05, 0.1) is 28.4 Å². The summed E-state index contributed by atoms with van der Waals surface area (Å²) in [7, 11) is 0. The van der Waals surface area contributed by atoms with Gasteiger partial charge >= 0.3 is 0 Å². The molecule has 0 fully saturated rings. The zero-order valence-electron chi connectivity index (χ0n) is 11.7. The van der Waals surface area contributed by atoms with Gasteiger partial charge in [-0.1, -0.05) is 24.6 Å². The van der Waals surface area contributed by atoms with Gasteiger partial charge in [-0.2, -0.15) is 0 Å². The number of benzene rings is 2. The molecule has 2 aromatic heterocycles. The lowest BCUT2D eigenvalue weighted by Crippen LogP contribution is -1.93. The number of hydrogen-bond acceptors (Lipinski definition) is 2. The Labute approximate surface area is 127 Å². The normalized spacial score (nSPS) is 11.7. The molecule has 3 nitrogen and oxygen atoms in total. The van der Waals surface area contributed by atoms with E-state index in [9.17, 15) is 0 Å².